The summed E-state index contributed by atoms with van der Waals surface area (Å²) >= 11 is 0. The van der Waals surface area contributed by atoms with Gasteiger partial charge in [0.15, 0.2) is 0 Å². The van der Waals surface area contributed by atoms with Crippen LogP contribution in [-0.4, -0.2) is 96.1 Å². The molecule has 3 heterocycles. The first-order chi connectivity index (χ1) is 16.9. The fourth-order valence-corrected chi connectivity index (χ4v) is 5.76. The third kappa shape index (κ3) is 5.62. The molecule has 0 spiro atoms. The normalized spacial score (nSPS) is 24.0. The van der Waals surface area contributed by atoms with Gasteiger partial charge in [-0.25, -0.2) is 0 Å². The second-order valence-corrected chi connectivity index (χ2v) is 9.90. The van der Waals surface area contributed by atoms with Crippen molar-refractivity contribution in [3.05, 3.63) is 29.3 Å². The van der Waals surface area contributed by atoms with Crippen LogP contribution in [0.1, 0.15) is 49.7 Å². The molecular formula is C26H38N4O5. The molecule has 1 aromatic rings. The van der Waals surface area contributed by atoms with Gasteiger partial charge in [-0.05, 0) is 30.0 Å². The van der Waals surface area contributed by atoms with Crippen LogP contribution in [-0.2, 0) is 20.8 Å². The van der Waals surface area contributed by atoms with E-state index in [1.807, 2.05) is 17.0 Å². The molecule has 2 amide bonds. The Morgan fingerprint density at radius 1 is 1.26 bits per heavy atom. The second kappa shape index (κ2) is 11.4. The van der Waals surface area contributed by atoms with Crippen LogP contribution in [0.3, 0.4) is 0 Å². The van der Waals surface area contributed by atoms with Crippen LogP contribution in [0.5, 0.6) is 5.75 Å². The number of unbranched alkanes of at least 4 members (excludes halogenated alkanes) is 1. The van der Waals surface area contributed by atoms with E-state index in [4.69, 9.17) is 10.5 Å². The van der Waals surface area contributed by atoms with E-state index in [-0.39, 0.29) is 24.3 Å². The zero-order chi connectivity index (χ0) is 24.9. The fourth-order valence-electron chi connectivity index (χ4n) is 5.76. The van der Waals surface area contributed by atoms with Crippen molar-refractivity contribution in [3.63, 3.8) is 0 Å². The third-order valence-corrected chi connectivity index (χ3v) is 7.63. The van der Waals surface area contributed by atoms with Crippen LogP contribution in [0, 0.1) is 5.92 Å². The summed E-state index contributed by atoms with van der Waals surface area (Å²) in [7, 11) is 0. The maximum atomic E-state index is 13.3. The van der Waals surface area contributed by atoms with Crippen molar-refractivity contribution in [3.8, 4) is 5.75 Å². The number of likely N-dealkylation sites (tertiary alicyclic amines) is 2. The summed E-state index contributed by atoms with van der Waals surface area (Å²) in [4.78, 5) is 43.9. The predicted octanol–water partition coefficient (Wildman–Crippen LogP) is 1.30. The molecule has 0 aromatic heterocycles. The highest BCUT2D eigenvalue weighted by Gasteiger charge is 2.48. The topological polar surface area (TPSA) is 116 Å². The standard InChI is InChI=1S/C26H38N4O5/c1-2-3-10-28(12-9-27)24(32)17-30-15-20(18-6-7-22-19(14-18)8-13-35-22)25(26(33)34)21(30)16-29-11-4-5-23(29)31/h6-7,14,20-21,25H,2-5,8-13,15-17,27H2,1H3,(H,33,34)/t20-,21+,25-/m1/s1. The lowest BCUT2D eigenvalue weighted by Crippen LogP contribution is -2.49. The Kier molecular flexibility index (Phi) is 8.28. The van der Waals surface area contributed by atoms with Crippen LogP contribution in [0.2, 0.25) is 0 Å². The molecule has 3 aliphatic heterocycles. The van der Waals surface area contributed by atoms with Crippen LogP contribution in [0.15, 0.2) is 18.2 Å². The summed E-state index contributed by atoms with van der Waals surface area (Å²) in [5, 5.41) is 10.3. The average Bonchev–Trinajstić information content (AvgIpc) is 3.55. The number of rotatable bonds is 11. The largest absolute Gasteiger partial charge is 0.493 e. The molecule has 3 aliphatic rings. The Bertz CT molecular complexity index is 938. The van der Waals surface area contributed by atoms with Gasteiger partial charge < -0.3 is 25.4 Å². The highest BCUT2D eigenvalue weighted by molar-refractivity contribution is 5.80. The number of hydrogen-bond donors (Lipinski definition) is 2. The zero-order valence-electron chi connectivity index (χ0n) is 20.7. The van der Waals surface area contributed by atoms with Gasteiger partial charge in [0.25, 0.3) is 0 Å². The molecule has 2 saturated heterocycles. The molecule has 35 heavy (non-hydrogen) atoms. The van der Waals surface area contributed by atoms with Crippen molar-refractivity contribution in [2.75, 3.05) is 52.4 Å². The van der Waals surface area contributed by atoms with Crippen molar-refractivity contribution in [1.82, 2.24) is 14.7 Å². The lowest BCUT2D eigenvalue weighted by molar-refractivity contribution is -0.144. The van der Waals surface area contributed by atoms with Gasteiger partial charge in [0.05, 0.1) is 19.1 Å². The summed E-state index contributed by atoms with van der Waals surface area (Å²) in [5.74, 6) is -0.982. The smallest absolute Gasteiger partial charge is 0.308 e. The van der Waals surface area contributed by atoms with Gasteiger partial charge in [-0.1, -0.05) is 25.5 Å². The Hall–Kier alpha value is -2.65. The zero-order valence-corrected chi connectivity index (χ0v) is 20.7. The van der Waals surface area contributed by atoms with E-state index < -0.39 is 17.9 Å². The SMILES string of the molecule is CCCCN(CCN)C(=O)CN1C[C@H](c2ccc3c(c2)CCO3)[C@@H](C(=O)O)[C@@H]1CN1CCCC1=O. The average molecular weight is 487 g/mol. The second-order valence-electron chi connectivity index (χ2n) is 9.90. The van der Waals surface area contributed by atoms with Gasteiger partial charge in [-0.3, -0.25) is 19.3 Å². The lowest BCUT2D eigenvalue weighted by atomic mass is 9.84. The molecule has 1 aromatic carbocycles. The van der Waals surface area contributed by atoms with E-state index in [0.29, 0.717) is 52.3 Å². The number of carbonyl (C=O) groups excluding carboxylic acids is 2. The number of carboxylic acids is 1. The van der Waals surface area contributed by atoms with Gasteiger partial charge in [0.2, 0.25) is 11.8 Å². The summed E-state index contributed by atoms with van der Waals surface area (Å²) in [5.41, 5.74) is 7.82. The van der Waals surface area contributed by atoms with E-state index in [0.717, 1.165) is 42.6 Å². The monoisotopic (exact) mass is 486 g/mol. The highest BCUT2D eigenvalue weighted by atomic mass is 16.5. The molecule has 9 nitrogen and oxygen atoms in total. The number of ether oxygens (including phenoxy) is 1. The minimum absolute atomic E-state index is 0.0335. The summed E-state index contributed by atoms with van der Waals surface area (Å²) in [6, 6.07) is 5.51. The van der Waals surface area contributed by atoms with Crippen LogP contribution in [0.4, 0.5) is 0 Å². The van der Waals surface area contributed by atoms with Gasteiger partial charge >= 0.3 is 5.97 Å². The Balaban J connectivity index is 1.61. The van der Waals surface area contributed by atoms with E-state index >= 15 is 0 Å². The van der Waals surface area contributed by atoms with E-state index in [9.17, 15) is 19.5 Å². The lowest BCUT2D eigenvalue weighted by Gasteiger charge is -2.32. The molecule has 0 aliphatic carbocycles. The fraction of sp³-hybridized carbons (Fsp3) is 0.654. The maximum Gasteiger partial charge on any atom is 0.308 e. The number of hydrogen-bond acceptors (Lipinski definition) is 6. The van der Waals surface area contributed by atoms with Crippen LogP contribution >= 0.6 is 0 Å². The van der Waals surface area contributed by atoms with E-state index in [1.54, 1.807) is 9.80 Å². The van der Waals surface area contributed by atoms with Crippen molar-refractivity contribution in [2.45, 2.75) is 51.0 Å². The maximum absolute atomic E-state index is 13.3. The van der Waals surface area contributed by atoms with Gasteiger partial charge in [-0.2, -0.15) is 0 Å². The first kappa shape index (κ1) is 25.4. The number of benzene rings is 1. The molecule has 3 atom stereocenters. The molecule has 0 radical (unpaired) electrons. The van der Waals surface area contributed by atoms with Gasteiger partial charge in [0.1, 0.15) is 5.75 Å². The molecule has 0 saturated carbocycles. The van der Waals surface area contributed by atoms with E-state index in [1.165, 1.54) is 0 Å². The van der Waals surface area contributed by atoms with Gasteiger partial charge in [-0.15, -0.1) is 0 Å². The predicted molar refractivity (Wildman–Crippen MR) is 131 cm³/mol. The van der Waals surface area contributed by atoms with Crippen molar-refractivity contribution in [1.29, 1.82) is 0 Å². The third-order valence-electron chi connectivity index (χ3n) is 7.63. The molecule has 4 rings (SSSR count). The molecular weight excluding hydrogens is 448 g/mol. The van der Waals surface area contributed by atoms with E-state index in [2.05, 4.69) is 13.0 Å². The Labute approximate surface area is 207 Å². The summed E-state index contributed by atoms with van der Waals surface area (Å²) < 4.78 is 5.64. The molecule has 192 valence electrons. The molecule has 0 bridgehead atoms. The number of carbonyl (C=O) groups is 3. The number of fused-ring (bicyclic) bond motifs is 1. The van der Waals surface area contributed by atoms with Crippen LogP contribution < -0.4 is 10.5 Å². The number of amides is 2. The van der Waals surface area contributed by atoms with Crippen molar-refractivity contribution < 1.29 is 24.2 Å². The van der Waals surface area contributed by atoms with Crippen molar-refractivity contribution >= 4 is 17.8 Å². The number of carboxylic acid groups (broad SMARTS) is 1. The molecule has 0 unspecified atom stereocenters. The number of nitrogens with two attached hydrogens (primary N) is 1. The Morgan fingerprint density at radius 2 is 2.09 bits per heavy atom. The van der Waals surface area contributed by atoms with Crippen LogP contribution in [0.25, 0.3) is 0 Å². The molecule has 2 fully saturated rings. The summed E-state index contributed by atoms with van der Waals surface area (Å²) in [6.45, 7) is 5.80. The highest BCUT2D eigenvalue weighted by Crippen LogP contribution is 2.40. The number of nitrogens with zero attached hydrogens (tertiary/aromatic N) is 3. The minimum atomic E-state index is -0.886. The van der Waals surface area contributed by atoms with Crippen molar-refractivity contribution in [2.24, 2.45) is 11.7 Å². The molecule has 3 N–H and O–H groups in total. The first-order valence-corrected chi connectivity index (χ1v) is 12.9. The Morgan fingerprint density at radius 3 is 2.77 bits per heavy atom. The molecule has 9 heteroatoms. The quantitative estimate of drug-likeness (QED) is 0.484. The van der Waals surface area contributed by atoms with Gasteiger partial charge in [0, 0.05) is 64.1 Å². The first-order valence-electron chi connectivity index (χ1n) is 12.9. The minimum Gasteiger partial charge on any atom is -0.493 e. The number of aliphatic carboxylic acids is 1. The summed E-state index contributed by atoms with van der Waals surface area (Å²) in [6.07, 6.45) is 3.97.